The minimum atomic E-state index is -0.764. The summed E-state index contributed by atoms with van der Waals surface area (Å²) >= 11 is 3.40. The molecule has 0 saturated carbocycles. The van der Waals surface area contributed by atoms with Gasteiger partial charge in [0.15, 0.2) is 0 Å². The van der Waals surface area contributed by atoms with Crippen molar-refractivity contribution >= 4 is 21.8 Å². The van der Waals surface area contributed by atoms with Gasteiger partial charge in [0.1, 0.15) is 0 Å². The van der Waals surface area contributed by atoms with Gasteiger partial charge in [0.2, 0.25) is 5.91 Å². The van der Waals surface area contributed by atoms with Crippen molar-refractivity contribution < 1.29 is 9.90 Å². The maximum absolute atomic E-state index is 11.5. The average molecular weight is 357 g/mol. The molecule has 6 nitrogen and oxygen atoms in total. The highest BCUT2D eigenvalue weighted by Gasteiger charge is 2.39. The second-order valence-corrected chi connectivity index (χ2v) is 7.17. The van der Waals surface area contributed by atoms with Crippen LogP contribution in [0.3, 0.4) is 0 Å². The number of hydrogen-bond acceptors (Lipinski definition) is 4. The molecule has 0 radical (unpaired) electrons. The van der Waals surface area contributed by atoms with Gasteiger partial charge >= 0.3 is 0 Å². The zero-order valence-corrected chi connectivity index (χ0v) is 13.8. The molecule has 2 aliphatic heterocycles. The minimum absolute atomic E-state index is 0.0519. The van der Waals surface area contributed by atoms with E-state index < -0.39 is 5.60 Å². The first-order valence-electron chi connectivity index (χ1n) is 7.35. The summed E-state index contributed by atoms with van der Waals surface area (Å²) in [6.45, 7) is 5.22. The third-order valence-electron chi connectivity index (χ3n) is 4.40. The Hall–Kier alpha value is -0.920. The van der Waals surface area contributed by atoms with Crippen LogP contribution in [0.25, 0.3) is 0 Å². The van der Waals surface area contributed by atoms with E-state index in [-0.39, 0.29) is 5.91 Å². The number of carbonyl (C=O) groups excluding carboxylic acids is 1. The molecule has 0 aromatic carbocycles. The minimum Gasteiger partial charge on any atom is -0.387 e. The Labute approximate surface area is 132 Å². The van der Waals surface area contributed by atoms with Gasteiger partial charge in [0, 0.05) is 39.3 Å². The number of halogens is 1. The molecule has 2 aliphatic rings. The fraction of sp³-hybridized carbons (Fsp3) is 0.714. The van der Waals surface area contributed by atoms with E-state index in [0.717, 1.165) is 36.9 Å². The van der Waals surface area contributed by atoms with Crippen LogP contribution in [0.5, 0.6) is 0 Å². The number of rotatable bonds is 3. The number of carbonyl (C=O) groups is 1. The van der Waals surface area contributed by atoms with Crippen LogP contribution in [0.1, 0.15) is 25.8 Å². The zero-order chi connectivity index (χ0) is 15.0. The van der Waals surface area contributed by atoms with E-state index in [9.17, 15) is 9.90 Å². The quantitative estimate of drug-likeness (QED) is 0.872. The summed E-state index contributed by atoms with van der Waals surface area (Å²) in [7, 11) is 0. The molecule has 1 N–H and O–H groups in total. The van der Waals surface area contributed by atoms with Gasteiger partial charge in [0.05, 0.1) is 28.9 Å². The Balaban J connectivity index is 1.52. The molecule has 0 aliphatic carbocycles. The lowest BCUT2D eigenvalue weighted by atomic mass is 9.90. The number of likely N-dealkylation sites (tertiary alicyclic amines) is 2. The lowest BCUT2D eigenvalue weighted by Crippen LogP contribution is -2.59. The van der Waals surface area contributed by atoms with Crippen molar-refractivity contribution in [1.29, 1.82) is 0 Å². The van der Waals surface area contributed by atoms with E-state index in [1.54, 1.807) is 18.0 Å². The molecule has 3 heterocycles. The molecule has 21 heavy (non-hydrogen) atoms. The molecule has 1 unspecified atom stereocenters. The summed E-state index contributed by atoms with van der Waals surface area (Å²) in [6.07, 6.45) is 5.42. The van der Waals surface area contributed by atoms with E-state index in [1.807, 2.05) is 10.9 Å². The third-order valence-corrected chi connectivity index (χ3v) is 4.81. The first-order chi connectivity index (χ1) is 9.95. The molecule has 116 valence electrons. The fourth-order valence-electron chi connectivity index (χ4n) is 3.28. The molecule has 2 saturated heterocycles. The summed E-state index contributed by atoms with van der Waals surface area (Å²) in [6, 6.07) is 0.382. The van der Waals surface area contributed by atoms with Crippen molar-refractivity contribution in [3.63, 3.8) is 0 Å². The molecule has 3 rings (SSSR count). The van der Waals surface area contributed by atoms with E-state index in [1.165, 1.54) is 0 Å². The number of β-amino-alcohol motifs (C(OH)–C–C–N with tert-alkyl or cyclic N) is 1. The van der Waals surface area contributed by atoms with Crippen LogP contribution in [-0.2, 0) is 4.79 Å². The van der Waals surface area contributed by atoms with Gasteiger partial charge < -0.3 is 10.0 Å². The van der Waals surface area contributed by atoms with Gasteiger partial charge in [-0.05, 0) is 28.8 Å². The molecule has 1 aromatic rings. The molecule has 1 aromatic heterocycles. The highest BCUT2D eigenvalue weighted by Crippen LogP contribution is 2.28. The molecular formula is C14H21BrN4O2. The number of hydrogen-bond donors (Lipinski definition) is 1. The van der Waals surface area contributed by atoms with E-state index in [2.05, 4.69) is 25.9 Å². The number of amides is 1. The molecule has 7 heteroatoms. The Morgan fingerprint density at radius 2 is 2.33 bits per heavy atom. The lowest BCUT2D eigenvalue weighted by molar-refractivity contribution is -0.138. The van der Waals surface area contributed by atoms with Crippen molar-refractivity contribution in [2.75, 3.05) is 32.7 Å². The van der Waals surface area contributed by atoms with Gasteiger partial charge in [-0.25, -0.2) is 0 Å². The lowest BCUT2D eigenvalue weighted by Gasteiger charge is -2.46. The van der Waals surface area contributed by atoms with Gasteiger partial charge in [-0.15, -0.1) is 0 Å². The molecule has 1 amide bonds. The van der Waals surface area contributed by atoms with Crippen molar-refractivity contribution in [2.24, 2.45) is 0 Å². The number of aromatic nitrogens is 2. The summed E-state index contributed by atoms with van der Waals surface area (Å²) in [5.41, 5.74) is -0.764. The van der Waals surface area contributed by atoms with E-state index in [4.69, 9.17) is 0 Å². The molecule has 2 fully saturated rings. The molecular weight excluding hydrogens is 336 g/mol. The SMILES string of the molecule is CC(=O)N1CCCC(O)(CN2CC(n3cc(Br)cn3)C2)C1. The van der Waals surface area contributed by atoms with E-state index >= 15 is 0 Å². The summed E-state index contributed by atoms with van der Waals surface area (Å²) in [5, 5.41) is 15.0. The Morgan fingerprint density at radius 3 is 2.95 bits per heavy atom. The van der Waals surface area contributed by atoms with Crippen LogP contribution in [0.4, 0.5) is 0 Å². The van der Waals surface area contributed by atoms with Crippen molar-refractivity contribution in [1.82, 2.24) is 19.6 Å². The summed E-state index contributed by atoms with van der Waals surface area (Å²) in [4.78, 5) is 15.5. The van der Waals surface area contributed by atoms with Gasteiger partial charge in [-0.1, -0.05) is 0 Å². The first-order valence-corrected chi connectivity index (χ1v) is 8.14. The fourth-order valence-corrected chi connectivity index (χ4v) is 3.58. The second-order valence-electron chi connectivity index (χ2n) is 6.25. The maximum atomic E-state index is 11.5. The standard InChI is InChI=1S/C14H21BrN4O2/c1-11(20)18-4-2-3-14(21,10-18)9-17-7-13(8-17)19-6-12(15)5-16-19/h5-6,13,21H,2-4,7-10H2,1H3. The van der Waals surface area contributed by atoms with Crippen LogP contribution in [0.2, 0.25) is 0 Å². The van der Waals surface area contributed by atoms with Crippen LogP contribution < -0.4 is 0 Å². The normalized spacial score (nSPS) is 27.7. The van der Waals surface area contributed by atoms with Crippen LogP contribution in [-0.4, -0.2) is 68.9 Å². The zero-order valence-electron chi connectivity index (χ0n) is 12.2. The van der Waals surface area contributed by atoms with Gasteiger partial charge in [-0.2, -0.15) is 5.10 Å². The molecule has 1 atom stereocenters. The first kappa shape index (κ1) is 15.0. The Morgan fingerprint density at radius 1 is 1.57 bits per heavy atom. The molecule has 0 spiro atoms. The maximum Gasteiger partial charge on any atom is 0.219 e. The van der Waals surface area contributed by atoms with Crippen molar-refractivity contribution in [2.45, 2.75) is 31.4 Å². The van der Waals surface area contributed by atoms with Crippen molar-refractivity contribution in [3.05, 3.63) is 16.9 Å². The number of nitrogens with zero attached hydrogens (tertiary/aromatic N) is 4. The topological polar surface area (TPSA) is 61.6 Å². The smallest absolute Gasteiger partial charge is 0.219 e. The summed E-state index contributed by atoms with van der Waals surface area (Å²) < 4.78 is 2.96. The predicted molar refractivity (Wildman–Crippen MR) is 81.8 cm³/mol. The van der Waals surface area contributed by atoms with Crippen LogP contribution in [0.15, 0.2) is 16.9 Å². The highest BCUT2D eigenvalue weighted by atomic mass is 79.9. The van der Waals surface area contributed by atoms with E-state index in [0.29, 0.717) is 19.1 Å². The molecule has 0 bridgehead atoms. The average Bonchev–Trinajstić information content (AvgIpc) is 2.79. The largest absolute Gasteiger partial charge is 0.387 e. The number of aliphatic hydroxyl groups is 1. The van der Waals surface area contributed by atoms with Gasteiger partial charge in [-0.3, -0.25) is 14.4 Å². The number of piperidine rings is 1. The van der Waals surface area contributed by atoms with Crippen LogP contribution in [0, 0.1) is 0 Å². The monoisotopic (exact) mass is 356 g/mol. The summed E-state index contributed by atoms with van der Waals surface area (Å²) in [5.74, 6) is 0.0519. The third kappa shape index (κ3) is 3.30. The Kier molecular flexibility index (Phi) is 4.07. The van der Waals surface area contributed by atoms with Crippen LogP contribution >= 0.6 is 15.9 Å². The van der Waals surface area contributed by atoms with Gasteiger partial charge in [0.25, 0.3) is 0 Å². The second kappa shape index (κ2) is 5.70. The van der Waals surface area contributed by atoms with Crippen molar-refractivity contribution in [3.8, 4) is 0 Å². The predicted octanol–water partition coefficient (Wildman–Crippen LogP) is 0.876. The highest BCUT2D eigenvalue weighted by molar-refractivity contribution is 9.10. The Bertz CT molecular complexity index is 529.